The molecule has 6 rings (SSSR count). The molecule has 0 aliphatic heterocycles. The van der Waals surface area contributed by atoms with Crippen LogP contribution in [0.1, 0.15) is 36.8 Å². The molecule has 0 atom stereocenters. The van der Waals surface area contributed by atoms with Crippen molar-refractivity contribution in [2.24, 2.45) is 0 Å². The zero-order valence-electron chi connectivity index (χ0n) is 33.0. The van der Waals surface area contributed by atoms with E-state index >= 15 is 0 Å². The average Bonchev–Trinajstić information content (AvgIpc) is 3.24. The molecule has 0 unspecified atom stereocenters. The summed E-state index contributed by atoms with van der Waals surface area (Å²) in [5.41, 5.74) is 3.96. The minimum absolute atomic E-state index is 0.0484. The summed E-state index contributed by atoms with van der Waals surface area (Å²) in [5, 5.41) is 18.4. The lowest BCUT2D eigenvalue weighted by Gasteiger charge is -2.15. The number of hydrogen-bond donors (Lipinski definition) is 6. The molecule has 0 fully saturated rings. The van der Waals surface area contributed by atoms with Crippen molar-refractivity contribution in [3.8, 4) is 11.5 Å². The summed E-state index contributed by atoms with van der Waals surface area (Å²) in [4.78, 5) is 51.5. The molecule has 6 N–H and O–H groups in total. The predicted octanol–water partition coefficient (Wildman–Crippen LogP) is 7.56. The van der Waals surface area contributed by atoms with Gasteiger partial charge in [0.15, 0.2) is 11.6 Å². The van der Waals surface area contributed by atoms with Gasteiger partial charge in [-0.15, -0.1) is 0 Å². The number of ether oxygens (including phenoxy) is 2. The van der Waals surface area contributed by atoms with E-state index in [1.54, 1.807) is 54.6 Å². The van der Waals surface area contributed by atoms with Crippen molar-refractivity contribution < 1.29 is 27.8 Å². The highest BCUT2D eigenvalue weighted by Crippen LogP contribution is 2.27. The first-order valence-electron chi connectivity index (χ1n) is 19.1. The Hall–Kier alpha value is -7.50. The summed E-state index contributed by atoms with van der Waals surface area (Å²) in [5.74, 6) is 0.725. The quantitative estimate of drug-likeness (QED) is 0.0389. The molecule has 4 aromatic carbocycles. The van der Waals surface area contributed by atoms with Crippen molar-refractivity contribution in [1.82, 2.24) is 29.9 Å². The smallest absolute Gasteiger partial charge is 0.232 e. The zero-order chi connectivity index (χ0) is 42.1. The lowest BCUT2D eigenvalue weighted by Crippen LogP contribution is -2.18. The van der Waals surface area contributed by atoms with E-state index in [0.29, 0.717) is 91.4 Å². The Bertz CT molecular complexity index is 2370. The van der Waals surface area contributed by atoms with Gasteiger partial charge in [0, 0.05) is 48.7 Å². The van der Waals surface area contributed by atoms with E-state index in [1.165, 1.54) is 30.9 Å². The van der Waals surface area contributed by atoms with Crippen LogP contribution in [0.25, 0.3) is 0 Å². The molecule has 6 aromatic rings. The second-order valence-corrected chi connectivity index (χ2v) is 13.2. The molecule has 0 aliphatic rings. The van der Waals surface area contributed by atoms with Crippen molar-refractivity contribution in [3.63, 3.8) is 0 Å². The Morgan fingerprint density at radius 1 is 0.567 bits per heavy atom. The van der Waals surface area contributed by atoms with E-state index in [9.17, 15) is 18.4 Å². The van der Waals surface area contributed by atoms with Gasteiger partial charge in [0.05, 0.1) is 13.2 Å². The maximum Gasteiger partial charge on any atom is 0.232 e. The molecular weight excluding hydrogens is 775 g/mol. The van der Waals surface area contributed by atoms with Gasteiger partial charge < -0.3 is 41.4 Å². The number of para-hydroxylation sites is 1. The Morgan fingerprint density at radius 3 is 1.58 bits per heavy atom. The van der Waals surface area contributed by atoms with Gasteiger partial charge in [-0.2, -0.15) is 9.97 Å². The monoisotopic (exact) mass is 818 g/mol. The van der Waals surface area contributed by atoms with E-state index in [-0.39, 0.29) is 36.2 Å². The molecule has 2 heterocycles. The van der Waals surface area contributed by atoms with Gasteiger partial charge >= 0.3 is 0 Å². The van der Waals surface area contributed by atoms with Crippen molar-refractivity contribution in [3.05, 3.63) is 120 Å². The van der Waals surface area contributed by atoms with E-state index in [4.69, 9.17) is 9.47 Å². The summed E-state index contributed by atoms with van der Waals surface area (Å²) >= 11 is 0. The van der Waals surface area contributed by atoms with Crippen LogP contribution in [0.4, 0.5) is 55.3 Å². The van der Waals surface area contributed by atoms with E-state index in [1.807, 2.05) is 26.0 Å². The van der Waals surface area contributed by atoms with Crippen molar-refractivity contribution in [1.29, 1.82) is 0 Å². The van der Waals surface area contributed by atoms with Crippen LogP contribution in [0.2, 0.25) is 0 Å². The van der Waals surface area contributed by atoms with Gasteiger partial charge in [0.1, 0.15) is 24.2 Å². The molecule has 0 saturated carbocycles. The summed E-state index contributed by atoms with van der Waals surface area (Å²) < 4.78 is 37.9. The molecule has 60 heavy (non-hydrogen) atoms. The Morgan fingerprint density at radius 2 is 1.05 bits per heavy atom. The van der Waals surface area contributed by atoms with Gasteiger partial charge in [-0.05, 0) is 98.5 Å². The standard InChI is InChI=1S/C42H44F2N12O4/c1-27-32(10-5-12-34(27)53-41-49-25-47-39(55-41)45-21-7-23-59-30-17-15-29(43)16-18-30)51-37(57)19-20-38(58)52-33-11-6-13-35(28(33)2)54-42-50-26-48-40(56-42)46-22-8-24-60-36-14-4-3-9-31(36)44/h3-6,9-18,25-26H,7-8,19-24H2,1-2H3,(H,51,57)(H,52,58)(H2,45,47,49,53,55)(H2,46,48,50,54,56). The largest absolute Gasteiger partial charge is 0.494 e. The molecule has 310 valence electrons. The van der Waals surface area contributed by atoms with E-state index < -0.39 is 5.82 Å². The van der Waals surface area contributed by atoms with Crippen LogP contribution in [-0.2, 0) is 9.59 Å². The Kier molecular flexibility index (Phi) is 15.0. The summed E-state index contributed by atoms with van der Waals surface area (Å²) in [6.07, 6.45) is 3.90. The first-order chi connectivity index (χ1) is 29.2. The third kappa shape index (κ3) is 12.8. The Labute approximate surface area is 345 Å². The zero-order valence-corrected chi connectivity index (χ0v) is 33.0. The van der Waals surface area contributed by atoms with Gasteiger partial charge in [-0.1, -0.05) is 24.3 Å². The van der Waals surface area contributed by atoms with Gasteiger partial charge in [0.2, 0.25) is 35.6 Å². The van der Waals surface area contributed by atoms with Crippen LogP contribution in [-0.4, -0.2) is 68.0 Å². The molecular formula is C42H44F2N12O4. The topological polar surface area (TPSA) is 202 Å². The molecule has 2 amide bonds. The maximum absolute atomic E-state index is 13.7. The fraction of sp³-hybridized carbons (Fsp3) is 0.238. The number of hydrogen-bond acceptors (Lipinski definition) is 14. The van der Waals surface area contributed by atoms with Crippen molar-refractivity contribution in [2.75, 3.05) is 58.2 Å². The molecule has 16 nitrogen and oxygen atoms in total. The third-order valence-corrected chi connectivity index (χ3v) is 8.82. The fourth-order valence-corrected chi connectivity index (χ4v) is 5.60. The van der Waals surface area contributed by atoms with Crippen LogP contribution in [0, 0.1) is 25.5 Å². The molecule has 0 bridgehead atoms. The number of nitrogens with one attached hydrogen (secondary N) is 6. The molecule has 0 saturated heterocycles. The van der Waals surface area contributed by atoms with Crippen molar-refractivity contribution in [2.45, 2.75) is 39.5 Å². The molecule has 2 aromatic heterocycles. The van der Waals surface area contributed by atoms with Gasteiger partial charge in [0.25, 0.3) is 0 Å². The average molecular weight is 819 g/mol. The number of amides is 2. The fourth-order valence-electron chi connectivity index (χ4n) is 5.60. The van der Waals surface area contributed by atoms with Crippen LogP contribution < -0.4 is 41.4 Å². The number of carbonyl (C=O) groups is 2. The lowest BCUT2D eigenvalue weighted by atomic mass is 10.1. The van der Waals surface area contributed by atoms with Gasteiger partial charge in [-0.3, -0.25) is 9.59 Å². The predicted molar refractivity (Wildman–Crippen MR) is 225 cm³/mol. The minimum atomic E-state index is -0.410. The van der Waals surface area contributed by atoms with Crippen LogP contribution >= 0.6 is 0 Å². The SMILES string of the molecule is Cc1c(NC(=O)CCC(=O)Nc2cccc(Nc3ncnc(NCCCOc4ccccc4F)n3)c2C)cccc1Nc1ncnc(NCCCOc2ccc(F)cc2)n1. The molecule has 0 spiro atoms. The normalized spacial score (nSPS) is 10.7. The number of rotatable bonds is 21. The lowest BCUT2D eigenvalue weighted by molar-refractivity contribution is -0.121. The first kappa shape index (κ1) is 42.1. The number of anilines is 8. The molecule has 0 radical (unpaired) electrons. The number of nitrogens with zero attached hydrogens (tertiary/aromatic N) is 6. The van der Waals surface area contributed by atoms with Crippen molar-refractivity contribution >= 4 is 58.4 Å². The maximum atomic E-state index is 13.7. The van der Waals surface area contributed by atoms with E-state index in [2.05, 4.69) is 61.8 Å². The van der Waals surface area contributed by atoms with Crippen LogP contribution in [0.3, 0.4) is 0 Å². The summed E-state index contributed by atoms with van der Waals surface area (Å²) in [7, 11) is 0. The second-order valence-electron chi connectivity index (χ2n) is 13.2. The summed E-state index contributed by atoms with van der Waals surface area (Å²) in [6.45, 7) is 5.45. The molecule has 0 aliphatic carbocycles. The van der Waals surface area contributed by atoms with Crippen LogP contribution in [0.5, 0.6) is 11.5 Å². The highest BCUT2D eigenvalue weighted by Gasteiger charge is 2.14. The highest BCUT2D eigenvalue weighted by molar-refractivity contribution is 5.98. The summed E-state index contributed by atoms with van der Waals surface area (Å²) in [6, 6.07) is 22.8. The first-order valence-corrected chi connectivity index (χ1v) is 19.1. The highest BCUT2D eigenvalue weighted by atomic mass is 19.1. The number of benzene rings is 4. The number of carbonyl (C=O) groups excluding carboxylic acids is 2. The Balaban J connectivity index is 0.928. The minimum Gasteiger partial charge on any atom is -0.494 e. The number of halogens is 2. The number of aromatic nitrogens is 6. The third-order valence-electron chi connectivity index (χ3n) is 8.82. The van der Waals surface area contributed by atoms with E-state index in [0.717, 1.165) is 11.1 Å². The van der Waals surface area contributed by atoms with Crippen LogP contribution in [0.15, 0.2) is 97.6 Å². The van der Waals surface area contributed by atoms with Gasteiger partial charge in [-0.25, -0.2) is 28.7 Å². The second kappa shape index (κ2) is 21.3. The molecule has 18 heteroatoms.